The van der Waals surface area contributed by atoms with Crippen LogP contribution in [0.4, 0.5) is 5.69 Å². The highest BCUT2D eigenvalue weighted by Gasteiger charge is 2.10. The third-order valence-electron chi connectivity index (χ3n) is 1.89. The van der Waals surface area contributed by atoms with Gasteiger partial charge in [-0.25, -0.2) is 0 Å². The van der Waals surface area contributed by atoms with E-state index in [1.54, 1.807) is 11.3 Å². The summed E-state index contributed by atoms with van der Waals surface area (Å²) in [6.07, 6.45) is 0. The molecule has 0 aliphatic carbocycles. The predicted octanol–water partition coefficient (Wildman–Crippen LogP) is 3.61. The zero-order chi connectivity index (χ0) is 10.7. The van der Waals surface area contributed by atoms with Crippen LogP contribution in [0, 0.1) is 2.88 Å². The summed E-state index contributed by atoms with van der Waals surface area (Å²) >= 11 is 3.74. The maximum Gasteiger partial charge on any atom is 0.257 e. The highest BCUT2D eigenvalue weighted by atomic mass is 127. The number of carbonyl (C=O) groups excluding carboxylic acids is 1. The molecule has 15 heavy (non-hydrogen) atoms. The van der Waals surface area contributed by atoms with Crippen molar-refractivity contribution in [2.75, 3.05) is 5.32 Å². The summed E-state index contributed by atoms with van der Waals surface area (Å²) in [5.74, 6) is -0.0492. The lowest BCUT2D eigenvalue weighted by Gasteiger charge is -2.03. The lowest BCUT2D eigenvalue weighted by molar-refractivity contribution is 0.102. The maximum atomic E-state index is 11.8. The first-order valence-corrected chi connectivity index (χ1v) is 6.32. The molecule has 1 amide bonds. The van der Waals surface area contributed by atoms with Crippen molar-refractivity contribution in [2.45, 2.75) is 0 Å². The quantitative estimate of drug-likeness (QED) is 0.838. The molecule has 76 valence electrons. The molecule has 2 rings (SSSR count). The Morgan fingerprint density at radius 1 is 1.20 bits per heavy atom. The van der Waals surface area contributed by atoms with Gasteiger partial charge in [0, 0.05) is 5.69 Å². The normalized spacial score (nSPS) is 9.93. The zero-order valence-corrected chi connectivity index (χ0v) is 10.7. The molecular weight excluding hydrogens is 321 g/mol. The van der Waals surface area contributed by atoms with Crippen LogP contribution in [0.5, 0.6) is 0 Å². The second-order valence-corrected chi connectivity index (χ2v) is 5.65. The summed E-state index contributed by atoms with van der Waals surface area (Å²) < 4.78 is 1.01. The van der Waals surface area contributed by atoms with Crippen molar-refractivity contribution in [1.29, 1.82) is 0 Å². The topological polar surface area (TPSA) is 29.1 Å². The predicted molar refractivity (Wildman–Crippen MR) is 71.4 cm³/mol. The molecule has 0 spiro atoms. The van der Waals surface area contributed by atoms with Gasteiger partial charge < -0.3 is 5.32 Å². The number of rotatable bonds is 2. The Labute approximate surface area is 105 Å². The van der Waals surface area contributed by atoms with E-state index in [0.29, 0.717) is 0 Å². The van der Waals surface area contributed by atoms with E-state index in [-0.39, 0.29) is 5.91 Å². The molecule has 0 atom stereocenters. The summed E-state index contributed by atoms with van der Waals surface area (Å²) in [5.41, 5.74) is 1.56. The number of amides is 1. The summed E-state index contributed by atoms with van der Waals surface area (Å²) in [4.78, 5) is 11.8. The number of hydrogen-bond donors (Lipinski definition) is 1. The monoisotopic (exact) mass is 329 g/mol. The van der Waals surface area contributed by atoms with Crippen LogP contribution in [0.15, 0.2) is 41.8 Å². The molecule has 0 fully saturated rings. The molecule has 0 aliphatic rings. The molecule has 0 aliphatic heterocycles. The van der Waals surface area contributed by atoms with Crippen LogP contribution in [0.25, 0.3) is 0 Å². The third-order valence-corrected chi connectivity index (χ3v) is 3.94. The number of halogens is 1. The lowest BCUT2D eigenvalue weighted by Crippen LogP contribution is -2.11. The fourth-order valence-electron chi connectivity index (χ4n) is 1.18. The Morgan fingerprint density at radius 3 is 2.53 bits per heavy atom. The van der Waals surface area contributed by atoms with Gasteiger partial charge in [-0.05, 0) is 46.2 Å². The van der Waals surface area contributed by atoms with Crippen LogP contribution in [0.1, 0.15) is 10.4 Å². The molecule has 0 saturated heterocycles. The lowest BCUT2D eigenvalue weighted by atomic mass is 10.3. The van der Waals surface area contributed by atoms with Crippen LogP contribution in [0.3, 0.4) is 0 Å². The van der Waals surface area contributed by atoms with Gasteiger partial charge in [0.05, 0.1) is 8.45 Å². The van der Waals surface area contributed by atoms with Crippen LogP contribution in [-0.4, -0.2) is 5.91 Å². The maximum absolute atomic E-state index is 11.8. The van der Waals surface area contributed by atoms with Gasteiger partial charge in [0.2, 0.25) is 0 Å². The molecular formula is C11H8INOS. The van der Waals surface area contributed by atoms with Crippen molar-refractivity contribution >= 4 is 45.5 Å². The minimum atomic E-state index is -0.0492. The largest absolute Gasteiger partial charge is 0.322 e. The molecule has 0 radical (unpaired) electrons. The summed E-state index contributed by atoms with van der Waals surface area (Å²) in [5, 5.41) is 4.77. The SMILES string of the molecule is O=C(Nc1ccccc1)c1ccsc1I. The van der Waals surface area contributed by atoms with Crippen molar-refractivity contribution in [2.24, 2.45) is 0 Å². The molecule has 1 aromatic carbocycles. The standard InChI is InChI=1S/C11H8INOS/c12-10-9(6-7-15-10)11(14)13-8-4-2-1-3-5-8/h1-7H,(H,13,14). The number of carbonyl (C=O) groups is 1. The minimum absolute atomic E-state index is 0.0492. The Kier molecular flexibility index (Phi) is 3.37. The van der Waals surface area contributed by atoms with E-state index >= 15 is 0 Å². The zero-order valence-electron chi connectivity index (χ0n) is 7.74. The fraction of sp³-hybridized carbons (Fsp3) is 0. The van der Waals surface area contributed by atoms with Gasteiger partial charge in [-0.2, -0.15) is 0 Å². The smallest absolute Gasteiger partial charge is 0.257 e. The molecule has 4 heteroatoms. The van der Waals surface area contributed by atoms with Crippen LogP contribution < -0.4 is 5.32 Å². The van der Waals surface area contributed by atoms with Gasteiger partial charge >= 0.3 is 0 Å². The molecule has 2 aromatic rings. The van der Waals surface area contributed by atoms with E-state index in [1.807, 2.05) is 41.8 Å². The number of para-hydroxylation sites is 1. The summed E-state index contributed by atoms with van der Waals surface area (Å²) in [6.45, 7) is 0. The van der Waals surface area contributed by atoms with Crippen molar-refractivity contribution < 1.29 is 4.79 Å². The van der Waals surface area contributed by atoms with E-state index in [0.717, 1.165) is 14.1 Å². The second-order valence-electron chi connectivity index (χ2n) is 2.93. The second kappa shape index (κ2) is 4.76. The van der Waals surface area contributed by atoms with E-state index in [4.69, 9.17) is 0 Å². The third kappa shape index (κ3) is 2.57. The first kappa shape index (κ1) is 10.6. The van der Waals surface area contributed by atoms with E-state index < -0.39 is 0 Å². The van der Waals surface area contributed by atoms with Gasteiger partial charge in [0.1, 0.15) is 0 Å². The van der Waals surface area contributed by atoms with Crippen molar-refractivity contribution in [3.8, 4) is 0 Å². The summed E-state index contributed by atoms with van der Waals surface area (Å²) in [6, 6.07) is 11.3. The van der Waals surface area contributed by atoms with Gasteiger partial charge in [0.25, 0.3) is 5.91 Å². The molecule has 0 saturated carbocycles. The number of thiophene rings is 1. The van der Waals surface area contributed by atoms with Gasteiger partial charge in [0.15, 0.2) is 0 Å². The number of benzene rings is 1. The molecule has 2 nitrogen and oxygen atoms in total. The molecule has 1 aromatic heterocycles. The van der Waals surface area contributed by atoms with Crippen LogP contribution in [-0.2, 0) is 0 Å². The molecule has 1 heterocycles. The Hall–Kier alpha value is -0.880. The number of hydrogen-bond acceptors (Lipinski definition) is 2. The highest BCUT2D eigenvalue weighted by Crippen LogP contribution is 2.20. The highest BCUT2D eigenvalue weighted by molar-refractivity contribution is 14.1. The van der Waals surface area contributed by atoms with E-state index in [9.17, 15) is 4.79 Å². The fourth-order valence-corrected chi connectivity index (χ4v) is 2.65. The minimum Gasteiger partial charge on any atom is -0.322 e. The van der Waals surface area contributed by atoms with Gasteiger partial charge in [-0.3, -0.25) is 4.79 Å². The number of nitrogens with one attached hydrogen (secondary N) is 1. The van der Waals surface area contributed by atoms with E-state index in [2.05, 4.69) is 27.9 Å². The Morgan fingerprint density at radius 2 is 1.93 bits per heavy atom. The van der Waals surface area contributed by atoms with E-state index in [1.165, 1.54) is 0 Å². The average Bonchev–Trinajstić information content (AvgIpc) is 2.66. The first-order valence-electron chi connectivity index (χ1n) is 4.37. The van der Waals surface area contributed by atoms with Crippen molar-refractivity contribution in [3.63, 3.8) is 0 Å². The Bertz CT molecular complexity index is 466. The van der Waals surface area contributed by atoms with Crippen molar-refractivity contribution in [3.05, 3.63) is 50.2 Å². The first-order chi connectivity index (χ1) is 7.27. The molecule has 0 bridgehead atoms. The Balaban J connectivity index is 2.15. The van der Waals surface area contributed by atoms with Gasteiger partial charge in [-0.1, -0.05) is 18.2 Å². The van der Waals surface area contributed by atoms with Crippen molar-refractivity contribution in [1.82, 2.24) is 0 Å². The number of anilines is 1. The van der Waals surface area contributed by atoms with Crippen LogP contribution >= 0.6 is 33.9 Å². The average molecular weight is 329 g/mol. The van der Waals surface area contributed by atoms with Crippen LogP contribution in [0.2, 0.25) is 0 Å². The van der Waals surface area contributed by atoms with Gasteiger partial charge in [-0.15, -0.1) is 11.3 Å². The molecule has 0 unspecified atom stereocenters. The molecule has 1 N–H and O–H groups in total. The summed E-state index contributed by atoms with van der Waals surface area (Å²) in [7, 11) is 0.